The van der Waals surface area contributed by atoms with Gasteiger partial charge in [-0.3, -0.25) is 4.79 Å². The Labute approximate surface area is 170 Å². The van der Waals surface area contributed by atoms with E-state index in [1.807, 2.05) is 68.4 Å². The fraction of sp³-hybridized carbons (Fsp3) is 0.304. The highest BCUT2D eigenvalue weighted by molar-refractivity contribution is 5.71. The van der Waals surface area contributed by atoms with Crippen LogP contribution in [0.2, 0.25) is 0 Å². The molecule has 3 rings (SSSR count). The second-order valence-electron chi connectivity index (χ2n) is 6.65. The number of nitrogens with zero attached hydrogens (tertiary/aromatic N) is 1. The van der Waals surface area contributed by atoms with Gasteiger partial charge in [-0.05, 0) is 50.6 Å². The molecule has 0 aliphatic carbocycles. The smallest absolute Gasteiger partial charge is 0.319 e. The normalized spacial score (nSPS) is 11.8. The number of benzene rings is 2. The van der Waals surface area contributed by atoms with Crippen molar-refractivity contribution in [1.82, 2.24) is 10.3 Å². The van der Waals surface area contributed by atoms with Crippen LogP contribution in [-0.4, -0.2) is 24.1 Å². The Kier molecular flexibility index (Phi) is 7.03. The van der Waals surface area contributed by atoms with Gasteiger partial charge in [0.15, 0.2) is 0 Å². The Morgan fingerprint density at radius 2 is 1.86 bits per heavy atom. The van der Waals surface area contributed by atoms with Gasteiger partial charge in [0, 0.05) is 11.6 Å². The highest BCUT2D eigenvalue weighted by atomic mass is 16.5. The molecule has 0 saturated carbocycles. The number of hydrogen-bond donors (Lipinski definition) is 1. The summed E-state index contributed by atoms with van der Waals surface area (Å²) < 4.78 is 16.6. The van der Waals surface area contributed by atoms with E-state index in [2.05, 4.69) is 10.3 Å². The van der Waals surface area contributed by atoms with Crippen LogP contribution in [0.1, 0.15) is 36.9 Å². The number of ether oxygens (including phenoxy) is 2. The Morgan fingerprint density at radius 3 is 2.55 bits per heavy atom. The summed E-state index contributed by atoms with van der Waals surface area (Å²) in [4.78, 5) is 16.0. The number of carbonyl (C=O) groups is 1. The average molecular weight is 394 g/mol. The van der Waals surface area contributed by atoms with Crippen LogP contribution in [0.4, 0.5) is 0 Å². The molecule has 3 aromatic rings. The summed E-state index contributed by atoms with van der Waals surface area (Å²) in [5.41, 5.74) is 2.78. The van der Waals surface area contributed by atoms with Gasteiger partial charge in [0.2, 0.25) is 5.89 Å². The van der Waals surface area contributed by atoms with E-state index in [1.165, 1.54) is 0 Å². The first kappa shape index (κ1) is 20.6. The third-order valence-corrected chi connectivity index (χ3v) is 4.53. The van der Waals surface area contributed by atoms with Crippen LogP contribution in [0.3, 0.4) is 0 Å². The van der Waals surface area contributed by atoms with Crippen molar-refractivity contribution >= 4 is 5.97 Å². The second kappa shape index (κ2) is 9.89. The maximum Gasteiger partial charge on any atom is 0.319 e. The molecule has 0 spiro atoms. The topological polar surface area (TPSA) is 73.6 Å². The third-order valence-electron chi connectivity index (χ3n) is 4.53. The van der Waals surface area contributed by atoms with E-state index >= 15 is 0 Å². The predicted octanol–water partition coefficient (Wildman–Crippen LogP) is 4.44. The molecule has 0 saturated heterocycles. The first-order valence-corrected chi connectivity index (χ1v) is 9.70. The summed E-state index contributed by atoms with van der Waals surface area (Å²) >= 11 is 0. The molecule has 1 atom stereocenters. The summed E-state index contributed by atoms with van der Waals surface area (Å²) in [5.74, 6) is 1.84. The fourth-order valence-corrected chi connectivity index (χ4v) is 2.84. The Balaban J connectivity index is 1.55. The molecule has 29 heavy (non-hydrogen) atoms. The lowest BCUT2D eigenvalue weighted by Crippen LogP contribution is -2.27. The van der Waals surface area contributed by atoms with Gasteiger partial charge >= 0.3 is 5.97 Å². The first-order chi connectivity index (χ1) is 14.1. The number of hydrogen-bond acceptors (Lipinski definition) is 6. The monoisotopic (exact) mass is 394 g/mol. The number of aryl methyl sites for hydroxylation is 1. The van der Waals surface area contributed by atoms with E-state index in [4.69, 9.17) is 13.9 Å². The van der Waals surface area contributed by atoms with Gasteiger partial charge in [0.05, 0.1) is 13.2 Å². The van der Waals surface area contributed by atoms with E-state index in [9.17, 15) is 4.79 Å². The van der Waals surface area contributed by atoms with Crippen LogP contribution < -0.4 is 10.1 Å². The van der Waals surface area contributed by atoms with E-state index in [-0.39, 0.29) is 18.6 Å². The molecule has 0 radical (unpaired) electrons. The van der Waals surface area contributed by atoms with E-state index < -0.39 is 0 Å². The Morgan fingerprint density at radius 1 is 1.14 bits per heavy atom. The van der Waals surface area contributed by atoms with Crippen molar-refractivity contribution in [1.29, 1.82) is 0 Å². The molecule has 0 fully saturated rings. The van der Waals surface area contributed by atoms with Crippen molar-refractivity contribution in [3.05, 3.63) is 71.6 Å². The van der Waals surface area contributed by atoms with Crippen LogP contribution in [0.15, 0.2) is 59.0 Å². The number of carbonyl (C=O) groups excluding carboxylic acids is 1. The number of aromatic nitrogens is 1. The molecule has 6 nitrogen and oxygen atoms in total. The minimum atomic E-state index is -0.253. The maximum atomic E-state index is 11.5. The molecule has 152 valence electrons. The minimum absolute atomic E-state index is 0.0275. The van der Waals surface area contributed by atoms with Crippen molar-refractivity contribution in [2.45, 2.75) is 33.4 Å². The quantitative estimate of drug-likeness (QED) is 0.541. The van der Waals surface area contributed by atoms with Crippen molar-refractivity contribution in [3.63, 3.8) is 0 Å². The van der Waals surface area contributed by atoms with Gasteiger partial charge in [-0.1, -0.05) is 30.3 Å². The van der Waals surface area contributed by atoms with Gasteiger partial charge in [0.25, 0.3) is 0 Å². The number of nitrogens with one attached hydrogen (secondary N) is 1. The standard InChI is InChI=1S/C23H26N2O4/c1-4-27-22(26)14-24-16(2)18-10-12-20(13-11-18)28-15-21-17(3)29-23(25-21)19-8-6-5-7-9-19/h5-13,16,24H,4,14-15H2,1-3H3/t16-/m0/s1. The molecule has 0 amide bonds. The van der Waals surface area contributed by atoms with Crippen LogP contribution >= 0.6 is 0 Å². The van der Waals surface area contributed by atoms with E-state index in [0.717, 1.165) is 28.3 Å². The van der Waals surface area contributed by atoms with Crippen LogP contribution in [-0.2, 0) is 16.1 Å². The van der Waals surface area contributed by atoms with Gasteiger partial charge in [0.1, 0.15) is 23.8 Å². The maximum absolute atomic E-state index is 11.5. The van der Waals surface area contributed by atoms with Gasteiger partial charge in [-0.2, -0.15) is 0 Å². The molecular formula is C23H26N2O4. The molecule has 1 heterocycles. The minimum Gasteiger partial charge on any atom is -0.487 e. The predicted molar refractivity (Wildman–Crippen MR) is 111 cm³/mol. The molecule has 1 N–H and O–H groups in total. The van der Waals surface area contributed by atoms with Crippen molar-refractivity contribution in [2.75, 3.05) is 13.2 Å². The molecule has 0 unspecified atom stereocenters. The van der Waals surface area contributed by atoms with E-state index in [0.29, 0.717) is 19.1 Å². The SMILES string of the molecule is CCOC(=O)CN[C@@H](C)c1ccc(OCc2nc(-c3ccccc3)oc2C)cc1. The molecule has 1 aromatic heterocycles. The lowest BCUT2D eigenvalue weighted by Gasteiger charge is -2.14. The first-order valence-electron chi connectivity index (χ1n) is 9.70. The molecule has 6 heteroatoms. The summed E-state index contributed by atoms with van der Waals surface area (Å²) in [5, 5.41) is 3.15. The average Bonchev–Trinajstić information content (AvgIpc) is 3.12. The lowest BCUT2D eigenvalue weighted by atomic mass is 10.1. The number of oxazole rings is 1. The highest BCUT2D eigenvalue weighted by Gasteiger charge is 2.12. The van der Waals surface area contributed by atoms with Crippen molar-refractivity contribution in [3.8, 4) is 17.2 Å². The van der Waals surface area contributed by atoms with Crippen LogP contribution in [0, 0.1) is 6.92 Å². The second-order valence-corrected chi connectivity index (χ2v) is 6.65. The van der Waals surface area contributed by atoms with E-state index in [1.54, 1.807) is 6.92 Å². The third kappa shape index (κ3) is 5.68. The zero-order valence-corrected chi connectivity index (χ0v) is 17.0. The number of rotatable bonds is 9. The number of esters is 1. The largest absolute Gasteiger partial charge is 0.487 e. The Bertz CT molecular complexity index is 920. The van der Waals surface area contributed by atoms with Crippen LogP contribution in [0.25, 0.3) is 11.5 Å². The summed E-state index contributed by atoms with van der Waals surface area (Å²) in [6, 6.07) is 17.6. The Hall–Kier alpha value is -3.12. The highest BCUT2D eigenvalue weighted by Crippen LogP contribution is 2.23. The lowest BCUT2D eigenvalue weighted by molar-refractivity contribution is -0.142. The van der Waals surface area contributed by atoms with Crippen molar-refractivity contribution in [2.24, 2.45) is 0 Å². The summed E-state index contributed by atoms with van der Waals surface area (Å²) in [7, 11) is 0. The fourth-order valence-electron chi connectivity index (χ4n) is 2.84. The molecule has 0 aliphatic heterocycles. The molecule has 2 aromatic carbocycles. The molecule has 0 aliphatic rings. The van der Waals surface area contributed by atoms with Crippen LogP contribution in [0.5, 0.6) is 5.75 Å². The summed E-state index contributed by atoms with van der Waals surface area (Å²) in [6.07, 6.45) is 0. The van der Waals surface area contributed by atoms with Gasteiger partial charge in [-0.25, -0.2) is 4.98 Å². The zero-order chi connectivity index (χ0) is 20.6. The zero-order valence-electron chi connectivity index (χ0n) is 17.0. The van der Waals surface area contributed by atoms with Gasteiger partial charge in [-0.15, -0.1) is 0 Å². The van der Waals surface area contributed by atoms with Crippen molar-refractivity contribution < 1.29 is 18.7 Å². The summed E-state index contributed by atoms with van der Waals surface area (Å²) in [6.45, 7) is 6.58. The molecular weight excluding hydrogens is 368 g/mol. The molecule has 0 bridgehead atoms. The van der Waals surface area contributed by atoms with Gasteiger partial charge < -0.3 is 19.2 Å².